The molecular formula is C33H36N6O2. The number of piperazine rings is 1. The number of hydrogen-bond donors (Lipinski definition) is 4. The molecule has 3 heterocycles. The van der Waals surface area contributed by atoms with Crippen molar-refractivity contribution in [2.24, 2.45) is 0 Å². The number of aryl methyl sites for hydroxylation is 1. The zero-order chi connectivity index (χ0) is 28.2. The Morgan fingerprint density at radius 2 is 1.66 bits per heavy atom. The fourth-order valence-electron chi connectivity index (χ4n) is 5.69. The van der Waals surface area contributed by atoms with Gasteiger partial charge in [0, 0.05) is 44.6 Å². The number of H-pyrrole nitrogens is 2. The van der Waals surface area contributed by atoms with Gasteiger partial charge < -0.3 is 25.3 Å². The van der Waals surface area contributed by atoms with E-state index >= 15 is 0 Å². The van der Waals surface area contributed by atoms with Crippen molar-refractivity contribution >= 4 is 22.4 Å². The molecule has 2 aromatic heterocycles. The molecule has 210 valence electrons. The van der Waals surface area contributed by atoms with E-state index in [2.05, 4.69) is 74.5 Å². The number of hydrogen-bond acceptors (Lipinski definition) is 6. The monoisotopic (exact) mass is 548 g/mol. The maximum atomic E-state index is 13.1. The molecule has 0 bridgehead atoms. The fraction of sp³-hybridized carbons (Fsp3) is 0.273. The summed E-state index contributed by atoms with van der Waals surface area (Å²) in [7, 11) is 0. The highest BCUT2D eigenvalue weighted by molar-refractivity contribution is 5.87. The number of nitrogens with one attached hydrogen (secondary N) is 3. The zero-order valence-electron chi connectivity index (χ0n) is 23.3. The Hall–Kier alpha value is -4.40. The molecule has 0 amide bonds. The summed E-state index contributed by atoms with van der Waals surface area (Å²) in [5.41, 5.74) is 7.26. The lowest BCUT2D eigenvalue weighted by Gasteiger charge is -2.36. The molecule has 8 nitrogen and oxygen atoms in total. The van der Waals surface area contributed by atoms with E-state index in [0.717, 1.165) is 60.6 Å². The molecule has 1 aliphatic rings. The number of aliphatic hydroxyl groups excluding tert-OH is 1. The molecule has 1 fully saturated rings. The largest absolute Gasteiger partial charge is 0.394 e. The van der Waals surface area contributed by atoms with Gasteiger partial charge in [-0.25, -0.2) is 4.98 Å². The summed E-state index contributed by atoms with van der Waals surface area (Å²) in [6.07, 6.45) is 2.25. The van der Waals surface area contributed by atoms with Crippen molar-refractivity contribution in [1.29, 1.82) is 0 Å². The molecule has 4 N–H and O–H groups in total. The van der Waals surface area contributed by atoms with Gasteiger partial charge in [-0.15, -0.1) is 0 Å². The van der Waals surface area contributed by atoms with Gasteiger partial charge in [0.1, 0.15) is 11.4 Å². The lowest BCUT2D eigenvalue weighted by atomic mass is 10.1. The molecule has 0 unspecified atom stereocenters. The van der Waals surface area contributed by atoms with E-state index in [4.69, 9.17) is 4.98 Å². The van der Waals surface area contributed by atoms with Gasteiger partial charge >= 0.3 is 0 Å². The van der Waals surface area contributed by atoms with Crippen molar-refractivity contribution in [1.82, 2.24) is 19.9 Å². The van der Waals surface area contributed by atoms with Crippen LogP contribution >= 0.6 is 0 Å². The second kappa shape index (κ2) is 12.0. The highest BCUT2D eigenvalue weighted by Gasteiger charge is 2.21. The number of nitrogens with zero attached hydrogens (tertiary/aromatic N) is 3. The molecule has 3 aromatic carbocycles. The summed E-state index contributed by atoms with van der Waals surface area (Å²) in [5.74, 6) is 0.508. The highest BCUT2D eigenvalue weighted by atomic mass is 16.3. The van der Waals surface area contributed by atoms with Crippen LogP contribution in [0, 0.1) is 6.92 Å². The van der Waals surface area contributed by atoms with Gasteiger partial charge in [0.25, 0.3) is 5.56 Å². The summed E-state index contributed by atoms with van der Waals surface area (Å²) in [5, 5.41) is 13.5. The van der Waals surface area contributed by atoms with Crippen LogP contribution in [0.5, 0.6) is 0 Å². The number of imidazole rings is 1. The lowest BCUT2D eigenvalue weighted by Crippen LogP contribution is -2.46. The molecule has 0 saturated carbocycles. The minimum atomic E-state index is -0.253. The molecule has 8 heteroatoms. The SMILES string of the molecule is Cc1cc(N2CCN(Cc3ccccc3)CC2)cc2[nH]c(-c3c(N[C@H](CO)Cc4ccccc4)cc[nH]c3=O)nc12. The Kier molecular flexibility index (Phi) is 7.84. The average Bonchev–Trinajstić information content (AvgIpc) is 3.43. The highest BCUT2D eigenvalue weighted by Crippen LogP contribution is 2.30. The number of rotatable bonds is 9. The van der Waals surface area contributed by atoms with Gasteiger partial charge in [-0.05, 0) is 48.2 Å². The van der Waals surface area contributed by atoms with Crippen LogP contribution in [0.4, 0.5) is 11.4 Å². The maximum Gasteiger partial charge on any atom is 0.261 e. The molecule has 0 radical (unpaired) electrons. The number of pyridine rings is 1. The minimum absolute atomic E-state index is 0.0671. The number of aliphatic hydroxyl groups is 1. The van der Waals surface area contributed by atoms with Crippen molar-refractivity contribution in [2.75, 3.05) is 43.0 Å². The van der Waals surface area contributed by atoms with Crippen molar-refractivity contribution < 1.29 is 5.11 Å². The van der Waals surface area contributed by atoms with Gasteiger partial charge in [-0.2, -0.15) is 0 Å². The predicted molar refractivity (Wildman–Crippen MR) is 165 cm³/mol. The third-order valence-electron chi connectivity index (χ3n) is 7.85. The van der Waals surface area contributed by atoms with Gasteiger partial charge in [-0.1, -0.05) is 60.7 Å². The van der Waals surface area contributed by atoms with Crippen LogP contribution in [0.2, 0.25) is 0 Å². The quantitative estimate of drug-likeness (QED) is 0.215. The van der Waals surface area contributed by atoms with Gasteiger partial charge in [-0.3, -0.25) is 9.69 Å². The number of benzene rings is 3. The van der Waals surface area contributed by atoms with Crippen molar-refractivity contribution in [2.45, 2.75) is 25.9 Å². The zero-order valence-corrected chi connectivity index (χ0v) is 23.3. The third kappa shape index (κ3) is 6.04. The molecule has 1 saturated heterocycles. The Bertz CT molecular complexity index is 1660. The minimum Gasteiger partial charge on any atom is -0.394 e. The molecule has 0 aliphatic carbocycles. The van der Waals surface area contributed by atoms with E-state index in [9.17, 15) is 9.90 Å². The molecule has 5 aromatic rings. The Morgan fingerprint density at radius 1 is 0.951 bits per heavy atom. The number of fused-ring (bicyclic) bond motifs is 1. The van der Waals surface area contributed by atoms with E-state index in [1.165, 1.54) is 5.56 Å². The Balaban J connectivity index is 1.22. The van der Waals surface area contributed by atoms with Crippen molar-refractivity contribution in [3.63, 3.8) is 0 Å². The van der Waals surface area contributed by atoms with Crippen LogP contribution in [0.25, 0.3) is 22.4 Å². The summed E-state index contributed by atoms with van der Waals surface area (Å²) in [6.45, 7) is 6.89. The topological polar surface area (TPSA) is 100 Å². The standard InChI is InChI=1S/C33H36N6O2/c1-23-18-27(39-16-14-38(15-17-39)21-25-10-6-3-7-11-25)20-29-31(23)37-32(36-29)30-28(12-13-34-33(30)41)35-26(22-40)19-24-8-4-2-5-9-24/h2-13,18,20,26,40H,14-17,19,21-22H2,1H3,(H,36,37)(H2,34,35,41)/t26-/m0/s1. The number of aromatic nitrogens is 3. The third-order valence-corrected chi connectivity index (χ3v) is 7.85. The first-order valence-electron chi connectivity index (χ1n) is 14.2. The first-order chi connectivity index (χ1) is 20.1. The Labute approximate surface area is 239 Å². The van der Waals surface area contributed by atoms with Crippen molar-refractivity contribution in [3.8, 4) is 11.4 Å². The number of aromatic amines is 2. The fourth-order valence-corrected chi connectivity index (χ4v) is 5.69. The van der Waals surface area contributed by atoms with Crippen LogP contribution < -0.4 is 15.8 Å². The smallest absolute Gasteiger partial charge is 0.261 e. The lowest BCUT2D eigenvalue weighted by molar-refractivity contribution is 0.250. The van der Waals surface area contributed by atoms with Crippen LogP contribution in [0.15, 0.2) is 89.9 Å². The van der Waals surface area contributed by atoms with Crippen LogP contribution in [-0.2, 0) is 13.0 Å². The van der Waals surface area contributed by atoms with E-state index in [0.29, 0.717) is 23.5 Å². The van der Waals surface area contributed by atoms with E-state index in [1.807, 2.05) is 36.4 Å². The molecule has 1 aliphatic heterocycles. The summed E-state index contributed by atoms with van der Waals surface area (Å²) in [6, 6.07) is 26.5. The normalized spacial score (nSPS) is 14.8. The first-order valence-corrected chi connectivity index (χ1v) is 14.2. The van der Waals surface area contributed by atoms with Crippen LogP contribution in [0.1, 0.15) is 16.7 Å². The van der Waals surface area contributed by atoms with E-state index < -0.39 is 0 Å². The van der Waals surface area contributed by atoms with E-state index in [-0.39, 0.29) is 18.2 Å². The number of anilines is 2. The predicted octanol–water partition coefficient (Wildman–Crippen LogP) is 4.56. The summed E-state index contributed by atoms with van der Waals surface area (Å²) in [4.78, 5) is 29.1. The van der Waals surface area contributed by atoms with Gasteiger partial charge in [0.05, 0.1) is 29.4 Å². The van der Waals surface area contributed by atoms with Crippen LogP contribution in [0.3, 0.4) is 0 Å². The van der Waals surface area contributed by atoms with E-state index in [1.54, 1.807) is 6.20 Å². The first kappa shape index (κ1) is 26.8. The molecular weight excluding hydrogens is 512 g/mol. The molecule has 41 heavy (non-hydrogen) atoms. The average molecular weight is 549 g/mol. The summed E-state index contributed by atoms with van der Waals surface area (Å²) >= 11 is 0. The molecule has 1 atom stereocenters. The molecule has 0 spiro atoms. The van der Waals surface area contributed by atoms with Crippen molar-refractivity contribution in [3.05, 3.63) is 112 Å². The summed E-state index contributed by atoms with van der Waals surface area (Å²) < 4.78 is 0. The second-order valence-corrected chi connectivity index (χ2v) is 10.8. The van der Waals surface area contributed by atoms with Gasteiger partial charge in [0.2, 0.25) is 0 Å². The second-order valence-electron chi connectivity index (χ2n) is 10.8. The van der Waals surface area contributed by atoms with Crippen LogP contribution in [-0.4, -0.2) is 63.8 Å². The molecule has 6 rings (SSSR count). The van der Waals surface area contributed by atoms with Gasteiger partial charge in [0.15, 0.2) is 0 Å². The Morgan fingerprint density at radius 3 is 2.37 bits per heavy atom. The maximum absolute atomic E-state index is 13.1.